The van der Waals surface area contributed by atoms with Gasteiger partial charge in [-0.05, 0) is 18.1 Å². The molecule has 0 radical (unpaired) electrons. The van der Waals surface area contributed by atoms with E-state index in [4.69, 9.17) is 0 Å². The van der Waals surface area contributed by atoms with Crippen molar-refractivity contribution in [3.05, 3.63) is 30.1 Å². The minimum Gasteiger partial charge on any atom is -0.388 e. The SMILES string of the molecule is CNc1ccccc1-c1nc(CC(C)C)nn1C. The van der Waals surface area contributed by atoms with Crippen molar-refractivity contribution in [2.45, 2.75) is 20.3 Å². The minimum atomic E-state index is 0.569. The van der Waals surface area contributed by atoms with Gasteiger partial charge >= 0.3 is 0 Å². The highest BCUT2D eigenvalue weighted by Gasteiger charge is 2.12. The largest absolute Gasteiger partial charge is 0.388 e. The molecule has 4 heteroatoms. The Morgan fingerprint density at radius 2 is 2.00 bits per heavy atom. The van der Waals surface area contributed by atoms with Crippen LogP contribution < -0.4 is 5.32 Å². The molecule has 0 fully saturated rings. The molecule has 2 aromatic rings. The van der Waals surface area contributed by atoms with Crippen LogP contribution in [0.2, 0.25) is 0 Å². The quantitative estimate of drug-likeness (QED) is 0.899. The number of benzene rings is 1. The molecule has 18 heavy (non-hydrogen) atoms. The van der Waals surface area contributed by atoms with Crippen LogP contribution >= 0.6 is 0 Å². The smallest absolute Gasteiger partial charge is 0.160 e. The van der Waals surface area contributed by atoms with Gasteiger partial charge in [-0.1, -0.05) is 26.0 Å². The lowest BCUT2D eigenvalue weighted by Gasteiger charge is -2.07. The highest BCUT2D eigenvalue weighted by Crippen LogP contribution is 2.25. The van der Waals surface area contributed by atoms with Crippen LogP contribution in [0.1, 0.15) is 19.7 Å². The molecule has 0 unspecified atom stereocenters. The first-order valence-electron chi connectivity index (χ1n) is 6.29. The van der Waals surface area contributed by atoms with Crippen LogP contribution in [0.4, 0.5) is 5.69 Å². The summed E-state index contributed by atoms with van der Waals surface area (Å²) in [6.07, 6.45) is 0.912. The van der Waals surface area contributed by atoms with E-state index in [0.29, 0.717) is 5.92 Å². The van der Waals surface area contributed by atoms with E-state index < -0.39 is 0 Å². The van der Waals surface area contributed by atoms with Gasteiger partial charge in [0.15, 0.2) is 11.6 Å². The molecule has 96 valence electrons. The Morgan fingerprint density at radius 1 is 1.28 bits per heavy atom. The topological polar surface area (TPSA) is 42.7 Å². The van der Waals surface area contributed by atoms with Crippen molar-refractivity contribution < 1.29 is 0 Å². The molecule has 0 aliphatic rings. The second kappa shape index (κ2) is 5.21. The summed E-state index contributed by atoms with van der Waals surface area (Å²) in [4.78, 5) is 4.64. The lowest BCUT2D eigenvalue weighted by atomic mass is 10.1. The maximum atomic E-state index is 4.64. The first kappa shape index (κ1) is 12.6. The third-order valence-electron chi connectivity index (χ3n) is 2.84. The molecular formula is C14H20N4. The first-order chi connectivity index (χ1) is 8.61. The number of para-hydroxylation sites is 1. The Morgan fingerprint density at radius 3 is 2.67 bits per heavy atom. The van der Waals surface area contributed by atoms with Crippen molar-refractivity contribution in [1.82, 2.24) is 14.8 Å². The van der Waals surface area contributed by atoms with Gasteiger partial charge in [-0.25, -0.2) is 9.67 Å². The van der Waals surface area contributed by atoms with Crippen molar-refractivity contribution in [1.29, 1.82) is 0 Å². The zero-order valence-corrected chi connectivity index (χ0v) is 11.4. The minimum absolute atomic E-state index is 0.569. The van der Waals surface area contributed by atoms with E-state index in [9.17, 15) is 0 Å². The number of nitrogens with zero attached hydrogens (tertiary/aromatic N) is 3. The van der Waals surface area contributed by atoms with Crippen LogP contribution in [0, 0.1) is 5.92 Å². The molecule has 0 atom stereocenters. The molecule has 1 N–H and O–H groups in total. The Bertz CT molecular complexity index is 528. The third-order valence-corrected chi connectivity index (χ3v) is 2.84. The summed E-state index contributed by atoms with van der Waals surface area (Å²) in [6, 6.07) is 8.15. The van der Waals surface area contributed by atoms with E-state index in [1.165, 1.54) is 0 Å². The van der Waals surface area contributed by atoms with Crippen LogP contribution in [0.5, 0.6) is 0 Å². The van der Waals surface area contributed by atoms with Crippen LogP contribution in [-0.4, -0.2) is 21.8 Å². The summed E-state index contributed by atoms with van der Waals surface area (Å²) in [5, 5.41) is 7.67. The Kier molecular flexibility index (Phi) is 3.65. The molecule has 0 aliphatic heterocycles. The number of anilines is 1. The lowest BCUT2D eigenvalue weighted by Crippen LogP contribution is -1.98. The van der Waals surface area contributed by atoms with Crippen molar-refractivity contribution in [3.8, 4) is 11.4 Å². The zero-order valence-electron chi connectivity index (χ0n) is 11.4. The first-order valence-corrected chi connectivity index (χ1v) is 6.29. The molecule has 1 aromatic heterocycles. The zero-order chi connectivity index (χ0) is 13.1. The second-order valence-electron chi connectivity index (χ2n) is 4.87. The highest BCUT2D eigenvalue weighted by molar-refractivity contribution is 5.73. The van der Waals surface area contributed by atoms with Crippen molar-refractivity contribution in [2.24, 2.45) is 13.0 Å². The number of rotatable bonds is 4. The van der Waals surface area contributed by atoms with Gasteiger partial charge < -0.3 is 5.32 Å². The second-order valence-corrected chi connectivity index (χ2v) is 4.87. The summed E-state index contributed by atoms with van der Waals surface area (Å²) in [5.41, 5.74) is 2.16. The van der Waals surface area contributed by atoms with Crippen LogP contribution in [0.25, 0.3) is 11.4 Å². The number of hydrogen-bond acceptors (Lipinski definition) is 3. The van der Waals surface area contributed by atoms with Crippen molar-refractivity contribution in [2.75, 3.05) is 12.4 Å². The van der Waals surface area contributed by atoms with Crippen LogP contribution in [0.15, 0.2) is 24.3 Å². The van der Waals surface area contributed by atoms with Gasteiger partial charge in [0.25, 0.3) is 0 Å². The van der Waals surface area contributed by atoms with Gasteiger partial charge in [0.1, 0.15) is 0 Å². The average Bonchev–Trinajstić information content (AvgIpc) is 2.69. The van der Waals surface area contributed by atoms with E-state index in [1.54, 1.807) is 0 Å². The Hall–Kier alpha value is -1.84. The van der Waals surface area contributed by atoms with E-state index in [0.717, 1.165) is 29.3 Å². The fraction of sp³-hybridized carbons (Fsp3) is 0.429. The van der Waals surface area contributed by atoms with Gasteiger partial charge in [0, 0.05) is 31.8 Å². The number of aryl methyl sites for hydroxylation is 1. The third kappa shape index (κ3) is 2.53. The monoisotopic (exact) mass is 244 g/mol. The molecular weight excluding hydrogens is 224 g/mol. The number of hydrogen-bond donors (Lipinski definition) is 1. The summed E-state index contributed by atoms with van der Waals surface area (Å²) in [7, 11) is 3.86. The predicted octanol–water partition coefficient (Wildman–Crippen LogP) is 2.72. The van der Waals surface area contributed by atoms with E-state index >= 15 is 0 Å². The molecule has 0 amide bonds. The molecule has 1 heterocycles. The van der Waals surface area contributed by atoms with Gasteiger partial charge in [-0.3, -0.25) is 0 Å². The Balaban J connectivity index is 2.41. The summed E-state index contributed by atoms with van der Waals surface area (Å²) >= 11 is 0. The predicted molar refractivity (Wildman–Crippen MR) is 74.5 cm³/mol. The van der Waals surface area contributed by atoms with Crippen molar-refractivity contribution in [3.63, 3.8) is 0 Å². The maximum absolute atomic E-state index is 4.64. The molecule has 0 saturated carbocycles. The summed E-state index contributed by atoms with van der Waals surface area (Å²) < 4.78 is 1.86. The molecule has 4 nitrogen and oxygen atoms in total. The average molecular weight is 244 g/mol. The Labute approximate surface area is 108 Å². The maximum Gasteiger partial charge on any atom is 0.160 e. The highest BCUT2D eigenvalue weighted by atomic mass is 15.3. The summed E-state index contributed by atoms with van der Waals surface area (Å²) in [6.45, 7) is 4.36. The molecule has 1 aromatic carbocycles. The normalized spacial score (nSPS) is 10.9. The number of nitrogens with one attached hydrogen (secondary N) is 1. The molecule has 0 saturated heterocycles. The van der Waals surface area contributed by atoms with Gasteiger partial charge in [-0.2, -0.15) is 5.10 Å². The molecule has 0 aliphatic carbocycles. The van der Waals surface area contributed by atoms with E-state index in [1.807, 2.05) is 37.0 Å². The molecule has 0 spiro atoms. The van der Waals surface area contributed by atoms with Crippen LogP contribution in [0.3, 0.4) is 0 Å². The standard InChI is InChI=1S/C14H20N4/c1-10(2)9-13-16-14(18(4)17-13)11-7-5-6-8-12(11)15-3/h5-8,10,15H,9H2,1-4H3. The molecule has 2 rings (SSSR count). The fourth-order valence-electron chi connectivity index (χ4n) is 2.02. The van der Waals surface area contributed by atoms with Gasteiger partial charge in [0.2, 0.25) is 0 Å². The fourth-order valence-corrected chi connectivity index (χ4v) is 2.02. The molecule has 0 bridgehead atoms. The van der Waals surface area contributed by atoms with E-state index in [2.05, 4.69) is 35.3 Å². The summed E-state index contributed by atoms with van der Waals surface area (Å²) in [5.74, 6) is 2.39. The van der Waals surface area contributed by atoms with Crippen LogP contribution in [-0.2, 0) is 13.5 Å². The van der Waals surface area contributed by atoms with Gasteiger partial charge in [-0.15, -0.1) is 0 Å². The number of aromatic nitrogens is 3. The van der Waals surface area contributed by atoms with E-state index in [-0.39, 0.29) is 0 Å². The van der Waals surface area contributed by atoms with Gasteiger partial charge in [0.05, 0.1) is 0 Å². The van der Waals surface area contributed by atoms with Crippen molar-refractivity contribution >= 4 is 5.69 Å². The lowest BCUT2D eigenvalue weighted by molar-refractivity contribution is 0.613.